The Morgan fingerprint density at radius 3 is 1.14 bits per heavy atom. The van der Waals surface area contributed by atoms with E-state index in [1.807, 2.05) is 76.2 Å². The summed E-state index contributed by atoms with van der Waals surface area (Å²) >= 11 is 0. The number of cyclic esters (lactones) is 5. The van der Waals surface area contributed by atoms with Crippen LogP contribution in [0, 0.1) is 28.1 Å². The van der Waals surface area contributed by atoms with Crippen molar-refractivity contribution in [2.24, 2.45) is 28.1 Å². The van der Waals surface area contributed by atoms with Crippen LogP contribution in [0.25, 0.3) is 0 Å². The van der Waals surface area contributed by atoms with Crippen molar-refractivity contribution >= 4 is 59.7 Å². The van der Waals surface area contributed by atoms with Crippen LogP contribution in [0.15, 0.2) is 0 Å². The van der Waals surface area contributed by atoms with E-state index >= 15 is 0 Å². The summed E-state index contributed by atoms with van der Waals surface area (Å²) in [6, 6.07) is 0. The summed E-state index contributed by atoms with van der Waals surface area (Å²) in [6.45, 7) is 39.8. The van der Waals surface area contributed by atoms with Crippen molar-refractivity contribution in [2.75, 3.05) is 0 Å². The number of rotatable bonds is 15. The first kappa shape index (κ1) is 69.7. The van der Waals surface area contributed by atoms with E-state index in [1.165, 1.54) is 0 Å². The summed E-state index contributed by atoms with van der Waals surface area (Å²) < 4.78 is 51.0. The molecule has 0 aromatic carbocycles. The average molecular weight is 1100 g/mol. The van der Waals surface area contributed by atoms with Crippen LogP contribution in [-0.4, -0.2) is 119 Å². The molecule has 5 rings (SSSR count). The largest absolute Gasteiger partial charge is 0.460 e. The molecule has 0 bridgehead atoms. The smallest absolute Gasteiger partial charge is 0.350 e. The molecule has 0 aliphatic carbocycles. The van der Waals surface area contributed by atoms with Crippen LogP contribution >= 0.6 is 0 Å². The van der Waals surface area contributed by atoms with Crippen LogP contribution in [-0.2, 0) is 95.3 Å². The molecule has 77 heavy (non-hydrogen) atoms. The fourth-order valence-electron chi connectivity index (χ4n) is 7.21. The fourth-order valence-corrected chi connectivity index (χ4v) is 7.21. The minimum absolute atomic E-state index is 0.153. The maximum Gasteiger partial charge on any atom is 0.350 e. The van der Waals surface area contributed by atoms with Gasteiger partial charge in [-0.1, -0.05) is 48.5 Å². The van der Waals surface area contributed by atoms with Crippen molar-refractivity contribution in [3.05, 3.63) is 0 Å². The molecule has 0 saturated carbocycles. The molecule has 5 heterocycles. The standard InChI is InChI=1S/2C12H20O4.3C11H18O4/c1-6-11(2,3)10(14)15-8-7-12(4,5)16-9(8)13;1-6-11(3,4)9(13)16-12(5)7-8(2)15-10(12)14;1-5-11(3,4)10(13)15-8-6-7(2)14-9(8)12;1-5-7(2)9(12)14-8-6-11(3,4)15-10(8)13;1-5-7(2)9(12)15-11(4)6-8(3)14-10(11)13/h2*8H,6-7H2,1-5H3;3*7-8H,5-6H2,1-4H3. The number of carbonyl (C=O) groups excluding carboxylic acids is 10. The number of carbonyl (C=O) groups is 10. The molecule has 0 radical (unpaired) electrons. The zero-order chi connectivity index (χ0) is 60.0. The van der Waals surface area contributed by atoms with Crippen LogP contribution in [0.3, 0.4) is 0 Å². The van der Waals surface area contributed by atoms with Gasteiger partial charge >= 0.3 is 59.7 Å². The zero-order valence-corrected chi connectivity index (χ0v) is 50.4. The predicted octanol–water partition coefficient (Wildman–Crippen LogP) is 9.13. The van der Waals surface area contributed by atoms with Crippen molar-refractivity contribution in [3.63, 3.8) is 0 Å². The van der Waals surface area contributed by atoms with Gasteiger partial charge in [-0.15, -0.1) is 0 Å². The van der Waals surface area contributed by atoms with Gasteiger partial charge in [0.15, 0.2) is 0 Å². The van der Waals surface area contributed by atoms with Crippen molar-refractivity contribution in [1.29, 1.82) is 0 Å². The van der Waals surface area contributed by atoms with Crippen LogP contribution in [0.5, 0.6) is 0 Å². The molecule has 5 aliphatic rings. The highest BCUT2D eigenvalue weighted by Gasteiger charge is 2.50. The first-order valence-corrected chi connectivity index (χ1v) is 27.2. The van der Waals surface area contributed by atoms with Gasteiger partial charge in [0.25, 0.3) is 0 Å². The van der Waals surface area contributed by atoms with Crippen molar-refractivity contribution in [3.8, 4) is 0 Å². The average Bonchev–Trinajstić information content (AvgIpc) is 4.03. The van der Waals surface area contributed by atoms with Crippen LogP contribution in [0.4, 0.5) is 0 Å². The highest BCUT2D eigenvalue weighted by Crippen LogP contribution is 2.35. The van der Waals surface area contributed by atoms with E-state index in [9.17, 15) is 47.9 Å². The second-order valence-electron chi connectivity index (χ2n) is 24.4. The van der Waals surface area contributed by atoms with Crippen LogP contribution < -0.4 is 0 Å². The lowest BCUT2D eigenvalue weighted by Crippen LogP contribution is -2.40. The van der Waals surface area contributed by atoms with Crippen molar-refractivity contribution in [2.45, 2.75) is 276 Å². The van der Waals surface area contributed by atoms with Crippen molar-refractivity contribution in [1.82, 2.24) is 0 Å². The lowest BCUT2D eigenvalue weighted by atomic mass is 9.90. The highest BCUT2D eigenvalue weighted by atomic mass is 16.6. The van der Waals surface area contributed by atoms with E-state index in [-0.39, 0.29) is 60.0 Å². The summed E-state index contributed by atoms with van der Waals surface area (Å²) in [7, 11) is 0. The van der Waals surface area contributed by atoms with Gasteiger partial charge in [-0.2, -0.15) is 0 Å². The summed E-state index contributed by atoms with van der Waals surface area (Å²) in [6.07, 6.45) is 2.97. The van der Waals surface area contributed by atoms with Gasteiger partial charge in [0, 0.05) is 32.1 Å². The minimum Gasteiger partial charge on any atom is -0.460 e. The van der Waals surface area contributed by atoms with Gasteiger partial charge in [0.1, 0.15) is 29.5 Å². The SMILES string of the molecule is CCC(C)(C)C(=O)OC1(C)CC(C)OC1=O.CCC(C)(C)C(=O)OC1CC(C)(C)OC1=O.CCC(C)(C)C(=O)OC1CC(C)OC1=O.CCC(C)C(=O)OC1(C)CC(C)OC1=O.CCC(C)C(=O)OC1CC(C)(C)OC1=O. The first-order chi connectivity index (χ1) is 35.0. The minimum atomic E-state index is -1.11. The number of ether oxygens (including phenoxy) is 10. The molecule has 0 aromatic heterocycles. The second-order valence-corrected chi connectivity index (χ2v) is 24.4. The van der Waals surface area contributed by atoms with E-state index in [2.05, 4.69) is 0 Å². The Balaban J connectivity index is 0.000000481. The Labute approximate surface area is 457 Å². The lowest BCUT2D eigenvalue weighted by molar-refractivity contribution is -0.178. The predicted molar refractivity (Wildman–Crippen MR) is 280 cm³/mol. The molecule has 5 aliphatic heterocycles. The van der Waals surface area contributed by atoms with Gasteiger partial charge in [-0.25, -0.2) is 24.0 Å². The maximum absolute atomic E-state index is 11.9. The van der Waals surface area contributed by atoms with E-state index in [4.69, 9.17) is 47.4 Å². The van der Waals surface area contributed by atoms with E-state index in [1.54, 1.807) is 76.2 Å². The molecule has 442 valence electrons. The summed E-state index contributed by atoms with van der Waals surface area (Å²) in [5.74, 6) is -4.19. The molecule has 20 heteroatoms. The third-order valence-corrected chi connectivity index (χ3v) is 14.3. The summed E-state index contributed by atoms with van der Waals surface area (Å²) in [5, 5.41) is 0. The van der Waals surface area contributed by atoms with Gasteiger partial charge in [0.2, 0.25) is 29.5 Å². The molecule has 0 N–H and O–H groups in total. The number of esters is 10. The van der Waals surface area contributed by atoms with Crippen LogP contribution in [0.2, 0.25) is 0 Å². The van der Waals surface area contributed by atoms with E-state index in [0.717, 1.165) is 0 Å². The van der Waals surface area contributed by atoms with Gasteiger partial charge in [-0.3, -0.25) is 24.0 Å². The highest BCUT2D eigenvalue weighted by molar-refractivity contribution is 5.87. The molecule has 0 amide bonds. The molecule has 0 aromatic rings. The Morgan fingerprint density at radius 2 is 0.831 bits per heavy atom. The molecule has 10 atom stereocenters. The quantitative estimate of drug-likeness (QED) is 0.109. The monoisotopic (exact) mass is 1100 g/mol. The lowest BCUT2D eigenvalue weighted by Gasteiger charge is -2.27. The molecule has 5 saturated heterocycles. The number of hydrogen-bond acceptors (Lipinski definition) is 20. The van der Waals surface area contributed by atoms with E-state index < -0.39 is 86.8 Å². The molecular weight excluding hydrogens is 1000 g/mol. The Morgan fingerprint density at radius 1 is 0.481 bits per heavy atom. The fraction of sp³-hybridized carbons (Fsp3) is 0.825. The maximum atomic E-state index is 11.9. The Bertz CT molecular complexity index is 2100. The topological polar surface area (TPSA) is 263 Å². The third-order valence-electron chi connectivity index (χ3n) is 14.3. The second kappa shape index (κ2) is 28.0. The van der Waals surface area contributed by atoms with Crippen molar-refractivity contribution < 1.29 is 95.3 Å². The Kier molecular flexibility index (Phi) is 25.4. The molecule has 20 nitrogen and oxygen atoms in total. The third kappa shape index (κ3) is 21.1. The van der Waals surface area contributed by atoms with Gasteiger partial charge < -0.3 is 47.4 Å². The molecule has 10 unspecified atom stereocenters. The molecule has 0 spiro atoms. The van der Waals surface area contributed by atoms with Gasteiger partial charge in [0.05, 0.1) is 28.1 Å². The number of hydrogen-bond donors (Lipinski definition) is 0. The van der Waals surface area contributed by atoms with Crippen LogP contribution in [0.1, 0.15) is 217 Å². The summed E-state index contributed by atoms with van der Waals surface area (Å²) in [4.78, 5) is 115. The first-order valence-electron chi connectivity index (χ1n) is 27.2. The molecular formula is C57H94O20. The normalized spacial score (nSPS) is 27.7. The molecule has 5 fully saturated rings. The van der Waals surface area contributed by atoms with Gasteiger partial charge in [-0.05, 0) is 136 Å². The Hall–Kier alpha value is -5.30. The van der Waals surface area contributed by atoms with E-state index in [0.29, 0.717) is 64.2 Å². The zero-order valence-electron chi connectivity index (χ0n) is 50.4. The summed E-state index contributed by atoms with van der Waals surface area (Å²) in [5.41, 5.74) is -4.88.